The molecule has 0 bridgehead atoms. The van der Waals surface area contributed by atoms with Gasteiger partial charge in [-0.1, -0.05) is 60.7 Å². The molecule has 196 valence electrons. The number of hydroxylamine groups is 1. The van der Waals surface area contributed by atoms with E-state index >= 15 is 0 Å². The maximum Gasteiger partial charge on any atom is 0.339 e. The second-order valence-corrected chi connectivity index (χ2v) is 11.0. The van der Waals surface area contributed by atoms with Crippen molar-refractivity contribution in [3.8, 4) is 5.75 Å². The molecule has 39 heavy (non-hydrogen) atoms. The molecule has 0 N–H and O–H groups in total. The molecule has 0 aliphatic carbocycles. The number of para-hydroxylation sites is 1. The second kappa shape index (κ2) is 9.68. The molecule has 2 heterocycles. The normalized spacial score (nSPS) is 20.8. The molecule has 2 amide bonds. The molecule has 6 rings (SSSR count). The SMILES string of the molecule is Cc1cccc(N2C(=O)[C@@H]3[C@H](ON(c4ccccc4)[C@H]3c3ccc(OS(=O)(=O)c4ccccc4)cc3)C2=O)c1. The van der Waals surface area contributed by atoms with E-state index in [2.05, 4.69) is 0 Å². The van der Waals surface area contributed by atoms with Crippen molar-refractivity contribution in [3.63, 3.8) is 0 Å². The summed E-state index contributed by atoms with van der Waals surface area (Å²) in [7, 11) is -4.01. The first kappa shape index (κ1) is 24.8. The highest BCUT2D eigenvalue weighted by Gasteiger charge is 2.60. The molecule has 2 aliphatic heterocycles. The van der Waals surface area contributed by atoms with Crippen molar-refractivity contribution in [2.24, 2.45) is 5.92 Å². The van der Waals surface area contributed by atoms with Crippen LogP contribution in [0.4, 0.5) is 11.4 Å². The van der Waals surface area contributed by atoms with E-state index in [1.165, 1.54) is 29.2 Å². The van der Waals surface area contributed by atoms with E-state index in [1.54, 1.807) is 53.6 Å². The molecule has 4 aromatic rings. The Bertz CT molecular complexity index is 1640. The van der Waals surface area contributed by atoms with Gasteiger partial charge in [0.25, 0.3) is 5.91 Å². The number of rotatable bonds is 6. The fourth-order valence-corrected chi connectivity index (χ4v) is 6.01. The molecular formula is C30H24N2O6S. The highest BCUT2D eigenvalue weighted by atomic mass is 32.2. The number of benzene rings is 4. The first-order valence-corrected chi connectivity index (χ1v) is 13.8. The van der Waals surface area contributed by atoms with Crippen molar-refractivity contribution >= 4 is 33.3 Å². The monoisotopic (exact) mass is 540 g/mol. The Morgan fingerprint density at radius 1 is 0.744 bits per heavy atom. The van der Waals surface area contributed by atoms with Gasteiger partial charge in [-0.15, -0.1) is 0 Å². The van der Waals surface area contributed by atoms with Gasteiger partial charge >= 0.3 is 10.1 Å². The summed E-state index contributed by atoms with van der Waals surface area (Å²) in [5.41, 5.74) is 2.78. The summed E-state index contributed by atoms with van der Waals surface area (Å²) in [4.78, 5) is 34.7. The zero-order valence-electron chi connectivity index (χ0n) is 20.9. The lowest BCUT2D eigenvalue weighted by Crippen LogP contribution is -2.37. The third kappa shape index (κ3) is 4.45. The fourth-order valence-electron chi connectivity index (χ4n) is 5.06. The highest BCUT2D eigenvalue weighted by Crippen LogP contribution is 2.47. The Kier molecular flexibility index (Phi) is 6.17. The summed E-state index contributed by atoms with van der Waals surface area (Å²) in [6.07, 6.45) is -1.00. The molecule has 4 aromatic carbocycles. The third-order valence-electron chi connectivity index (χ3n) is 6.85. The minimum atomic E-state index is -4.01. The average Bonchev–Trinajstić information content (AvgIpc) is 3.45. The van der Waals surface area contributed by atoms with Crippen LogP contribution in [0.15, 0.2) is 114 Å². The van der Waals surface area contributed by atoms with Gasteiger partial charge < -0.3 is 4.18 Å². The minimum absolute atomic E-state index is 0.0441. The van der Waals surface area contributed by atoms with E-state index in [9.17, 15) is 18.0 Å². The van der Waals surface area contributed by atoms with E-state index in [1.807, 2.05) is 43.3 Å². The molecule has 2 saturated heterocycles. The van der Waals surface area contributed by atoms with Crippen LogP contribution in [0.1, 0.15) is 17.2 Å². The fraction of sp³-hybridized carbons (Fsp3) is 0.133. The van der Waals surface area contributed by atoms with Gasteiger partial charge in [0, 0.05) is 0 Å². The van der Waals surface area contributed by atoms with E-state index < -0.39 is 34.1 Å². The van der Waals surface area contributed by atoms with Crippen molar-refractivity contribution in [2.45, 2.75) is 24.0 Å². The molecule has 0 aromatic heterocycles. The lowest BCUT2D eigenvalue weighted by atomic mass is 9.90. The van der Waals surface area contributed by atoms with Crippen LogP contribution in [0.25, 0.3) is 0 Å². The largest absolute Gasteiger partial charge is 0.379 e. The predicted molar refractivity (Wildman–Crippen MR) is 144 cm³/mol. The predicted octanol–water partition coefficient (Wildman–Crippen LogP) is 4.81. The standard InChI is InChI=1S/C30H24N2O6S/c1-20-9-8-12-23(19-20)31-29(33)26-27(32(37-28(26)30(31)34)22-10-4-2-5-11-22)21-15-17-24(18-16-21)38-39(35,36)25-13-6-3-7-14-25/h2-19,26-28H,1H3/t26-,27-,28-/m0/s1. The number of fused-ring (bicyclic) bond motifs is 1. The third-order valence-corrected chi connectivity index (χ3v) is 8.11. The Morgan fingerprint density at radius 2 is 1.38 bits per heavy atom. The number of aryl methyl sites for hydroxylation is 1. The molecule has 8 nitrogen and oxygen atoms in total. The van der Waals surface area contributed by atoms with Crippen molar-refractivity contribution in [1.29, 1.82) is 0 Å². The molecule has 0 spiro atoms. The maximum atomic E-state index is 13.8. The summed E-state index contributed by atoms with van der Waals surface area (Å²) in [6, 6.07) is 30.1. The lowest BCUT2D eigenvalue weighted by molar-refractivity contribution is -0.126. The number of hydrogen-bond donors (Lipinski definition) is 0. The lowest BCUT2D eigenvalue weighted by Gasteiger charge is -2.29. The highest BCUT2D eigenvalue weighted by molar-refractivity contribution is 7.87. The number of carbonyl (C=O) groups is 2. The van der Waals surface area contributed by atoms with E-state index in [4.69, 9.17) is 9.02 Å². The number of anilines is 2. The van der Waals surface area contributed by atoms with Crippen LogP contribution < -0.4 is 14.1 Å². The molecule has 0 radical (unpaired) electrons. The molecular weight excluding hydrogens is 516 g/mol. The average molecular weight is 541 g/mol. The van der Waals surface area contributed by atoms with Gasteiger partial charge in [-0.05, 0) is 66.6 Å². The topological polar surface area (TPSA) is 93.2 Å². The van der Waals surface area contributed by atoms with Crippen LogP contribution in [0.3, 0.4) is 0 Å². The van der Waals surface area contributed by atoms with Gasteiger partial charge in [-0.2, -0.15) is 8.42 Å². The Hall–Kier alpha value is -4.47. The van der Waals surface area contributed by atoms with Gasteiger partial charge in [0.2, 0.25) is 5.91 Å². The molecule has 0 saturated carbocycles. The van der Waals surface area contributed by atoms with Crippen molar-refractivity contribution in [1.82, 2.24) is 0 Å². The van der Waals surface area contributed by atoms with Crippen LogP contribution in [-0.2, 0) is 24.5 Å². The van der Waals surface area contributed by atoms with E-state index in [0.717, 1.165) is 5.56 Å². The summed E-state index contributed by atoms with van der Waals surface area (Å²) in [5, 5.41) is 1.59. The van der Waals surface area contributed by atoms with E-state index in [-0.39, 0.29) is 16.6 Å². The Balaban J connectivity index is 1.35. The first-order chi connectivity index (χ1) is 18.8. The number of imide groups is 1. The molecule has 3 atom stereocenters. The second-order valence-electron chi connectivity index (χ2n) is 9.43. The van der Waals surface area contributed by atoms with Gasteiger partial charge in [0.05, 0.1) is 17.4 Å². The van der Waals surface area contributed by atoms with Crippen molar-refractivity contribution in [2.75, 3.05) is 9.96 Å². The van der Waals surface area contributed by atoms with Crippen LogP contribution in [0.5, 0.6) is 5.75 Å². The van der Waals surface area contributed by atoms with Crippen LogP contribution in [0, 0.1) is 12.8 Å². The van der Waals surface area contributed by atoms with Gasteiger partial charge in [-0.25, -0.2) is 9.96 Å². The molecule has 0 unspecified atom stereocenters. The van der Waals surface area contributed by atoms with Crippen molar-refractivity contribution in [3.05, 3.63) is 120 Å². The van der Waals surface area contributed by atoms with Crippen LogP contribution >= 0.6 is 0 Å². The van der Waals surface area contributed by atoms with Crippen LogP contribution in [-0.4, -0.2) is 26.3 Å². The van der Waals surface area contributed by atoms with Crippen molar-refractivity contribution < 1.29 is 27.0 Å². The number of carbonyl (C=O) groups excluding carboxylic acids is 2. The maximum absolute atomic E-state index is 13.8. The zero-order valence-corrected chi connectivity index (χ0v) is 21.7. The summed E-state index contributed by atoms with van der Waals surface area (Å²) in [6.45, 7) is 1.90. The number of nitrogens with zero attached hydrogens (tertiary/aromatic N) is 2. The van der Waals surface area contributed by atoms with Gasteiger partial charge in [-0.3, -0.25) is 14.4 Å². The van der Waals surface area contributed by atoms with Gasteiger partial charge in [0.15, 0.2) is 6.10 Å². The summed E-state index contributed by atoms with van der Waals surface area (Å²) < 4.78 is 30.7. The van der Waals surface area contributed by atoms with E-state index in [0.29, 0.717) is 16.9 Å². The molecule has 9 heteroatoms. The molecule has 2 fully saturated rings. The Labute approximate surface area is 226 Å². The summed E-state index contributed by atoms with van der Waals surface area (Å²) in [5.74, 6) is -1.46. The zero-order chi connectivity index (χ0) is 27.1. The van der Waals surface area contributed by atoms with Gasteiger partial charge in [0.1, 0.15) is 16.6 Å². The van der Waals surface area contributed by atoms with Crippen LogP contribution in [0.2, 0.25) is 0 Å². The smallest absolute Gasteiger partial charge is 0.339 e. The summed E-state index contributed by atoms with van der Waals surface area (Å²) >= 11 is 0. The number of hydrogen-bond acceptors (Lipinski definition) is 7. The first-order valence-electron chi connectivity index (χ1n) is 12.4. The molecule has 2 aliphatic rings. The minimum Gasteiger partial charge on any atom is -0.379 e. The Morgan fingerprint density at radius 3 is 2.05 bits per heavy atom. The quantitative estimate of drug-likeness (QED) is 0.256. The number of amides is 2.